The van der Waals surface area contributed by atoms with Crippen molar-refractivity contribution in [3.8, 4) is 0 Å². The molecule has 8 nitrogen and oxygen atoms in total. The van der Waals surface area contributed by atoms with E-state index in [1.54, 1.807) is 29.3 Å². The summed E-state index contributed by atoms with van der Waals surface area (Å²) in [6.45, 7) is 6.24. The maximum absolute atomic E-state index is 13.1. The Morgan fingerprint density at radius 2 is 2.10 bits per heavy atom. The molecule has 4 rings (SSSR count). The quantitative estimate of drug-likeness (QED) is 0.648. The fourth-order valence-corrected chi connectivity index (χ4v) is 4.98. The van der Waals surface area contributed by atoms with Gasteiger partial charge in [0.15, 0.2) is 0 Å². The van der Waals surface area contributed by atoms with Crippen LogP contribution in [0.2, 0.25) is 0 Å². The maximum Gasteiger partial charge on any atom is 0.341 e. The molecule has 0 bridgehead atoms. The third-order valence-electron chi connectivity index (χ3n) is 5.13. The van der Waals surface area contributed by atoms with Crippen LogP contribution in [0.1, 0.15) is 50.8 Å². The number of carbonyl (C=O) groups is 3. The summed E-state index contributed by atoms with van der Waals surface area (Å²) < 4.78 is 6.97. The molecule has 0 unspecified atom stereocenters. The van der Waals surface area contributed by atoms with Gasteiger partial charge in [0.05, 0.1) is 24.4 Å². The minimum atomic E-state index is -0.462. The minimum Gasteiger partial charge on any atom is -0.462 e. The van der Waals surface area contributed by atoms with Crippen LogP contribution in [0.4, 0.5) is 5.00 Å². The third-order valence-corrected chi connectivity index (χ3v) is 6.26. The molecule has 4 heterocycles. The molecule has 156 valence electrons. The Labute approximate surface area is 177 Å². The molecule has 9 heteroatoms. The van der Waals surface area contributed by atoms with Crippen LogP contribution < -0.4 is 5.32 Å². The number of rotatable bonds is 4. The molecule has 1 aliphatic heterocycles. The standard InChI is InChI=1S/C21H22N4O4S/c1-4-29-21(28)17-14-8-10-24(13(3)26)11-15(14)30-20(17)23-19(27)18-12(2)22-16-7-5-6-9-25(16)18/h5-7,9H,4,8,10-11H2,1-3H3,(H,23,27). The summed E-state index contributed by atoms with van der Waals surface area (Å²) in [6.07, 6.45) is 2.32. The van der Waals surface area contributed by atoms with Crippen LogP contribution >= 0.6 is 11.3 Å². The minimum absolute atomic E-state index is 0.0151. The number of aromatic nitrogens is 2. The molecule has 1 N–H and O–H groups in total. The number of fused-ring (bicyclic) bond motifs is 2. The van der Waals surface area contributed by atoms with Crippen molar-refractivity contribution in [2.75, 3.05) is 18.5 Å². The van der Waals surface area contributed by atoms with Crippen molar-refractivity contribution in [1.29, 1.82) is 0 Å². The zero-order valence-corrected chi connectivity index (χ0v) is 17.8. The predicted octanol–water partition coefficient (Wildman–Crippen LogP) is 3.04. The van der Waals surface area contributed by atoms with E-state index in [4.69, 9.17) is 4.74 Å². The number of hydrogen-bond donors (Lipinski definition) is 1. The summed E-state index contributed by atoms with van der Waals surface area (Å²) in [5.74, 6) is -0.825. The van der Waals surface area contributed by atoms with Crippen LogP contribution in [0.5, 0.6) is 0 Å². The van der Waals surface area contributed by atoms with Gasteiger partial charge in [0.2, 0.25) is 5.91 Å². The van der Waals surface area contributed by atoms with Crippen molar-refractivity contribution >= 4 is 39.8 Å². The van der Waals surface area contributed by atoms with E-state index >= 15 is 0 Å². The summed E-state index contributed by atoms with van der Waals surface area (Å²) in [5, 5.41) is 3.34. The Bertz CT molecular complexity index is 1160. The number of anilines is 1. The molecule has 1 aliphatic rings. The van der Waals surface area contributed by atoms with Crippen LogP contribution in [-0.4, -0.2) is 45.2 Å². The SMILES string of the molecule is CCOC(=O)c1c(NC(=O)c2c(C)nc3ccccn23)sc2c1CCN(C(C)=O)C2. The first-order valence-corrected chi connectivity index (χ1v) is 10.5. The molecule has 30 heavy (non-hydrogen) atoms. The topological polar surface area (TPSA) is 93.0 Å². The lowest BCUT2D eigenvalue weighted by Gasteiger charge is -2.25. The molecule has 0 radical (unpaired) electrons. The van der Waals surface area contributed by atoms with Gasteiger partial charge in [0.25, 0.3) is 5.91 Å². The molecule has 0 aromatic carbocycles. The van der Waals surface area contributed by atoms with Gasteiger partial charge in [-0.1, -0.05) is 6.07 Å². The van der Waals surface area contributed by atoms with E-state index in [1.807, 2.05) is 18.2 Å². The van der Waals surface area contributed by atoms with Gasteiger partial charge >= 0.3 is 5.97 Å². The largest absolute Gasteiger partial charge is 0.462 e. The smallest absolute Gasteiger partial charge is 0.341 e. The van der Waals surface area contributed by atoms with Gasteiger partial charge in [-0.25, -0.2) is 9.78 Å². The molecule has 3 aromatic heterocycles. The highest BCUT2D eigenvalue weighted by Gasteiger charge is 2.31. The molecule has 2 amide bonds. The van der Waals surface area contributed by atoms with E-state index in [-0.39, 0.29) is 18.4 Å². The third kappa shape index (κ3) is 3.45. The first kappa shape index (κ1) is 20.1. The molecule has 0 spiro atoms. The van der Waals surface area contributed by atoms with Gasteiger partial charge in [-0.3, -0.25) is 14.0 Å². The van der Waals surface area contributed by atoms with Gasteiger partial charge in [-0.15, -0.1) is 11.3 Å². The highest BCUT2D eigenvalue weighted by molar-refractivity contribution is 7.17. The molecular weight excluding hydrogens is 404 g/mol. The number of nitrogens with one attached hydrogen (secondary N) is 1. The van der Waals surface area contributed by atoms with E-state index in [1.165, 1.54) is 18.3 Å². The van der Waals surface area contributed by atoms with E-state index in [2.05, 4.69) is 10.3 Å². The lowest BCUT2D eigenvalue weighted by atomic mass is 10.0. The van der Waals surface area contributed by atoms with Crippen molar-refractivity contribution in [1.82, 2.24) is 14.3 Å². The monoisotopic (exact) mass is 426 g/mol. The lowest BCUT2D eigenvalue weighted by molar-refractivity contribution is -0.129. The average molecular weight is 426 g/mol. The average Bonchev–Trinajstić information content (AvgIpc) is 3.23. The second-order valence-corrected chi connectivity index (χ2v) is 8.15. The second kappa shape index (κ2) is 7.91. The molecule has 3 aromatic rings. The number of esters is 1. The second-order valence-electron chi connectivity index (χ2n) is 7.05. The van der Waals surface area contributed by atoms with Crippen LogP contribution in [0, 0.1) is 6.92 Å². The fourth-order valence-electron chi connectivity index (χ4n) is 3.73. The summed E-state index contributed by atoms with van der Waals surface area (Å²) in [7, 11) is 0. The number of imidazole rings is 1. The molecule has 0 saturated carbocycles. The number of amides is 2. The zero-order valence-electron chi connectivity index (χ0n) is 17.0. The number of hydrogen-bond acceptors (Lipinski definition) is 6. The van der Waals surface area contributed by atoms with E-state index in [0.717, 1.165) is 10.4 Å². The number of aryl methyl sites for hydroxylation is 1. The maximum atomic E-state index is 13.1. The summed E-state index contributed by atoms with van der Waals surface area (Å²) in [6, 6.07) is 5.51. The van der Waals surface area contributed by atoms with E-state index < -0.39 is 5.97 Å². The number of thiophene rings is 1. The van der Waals surface area contributed by atoms with Gasteiger partial charge in [-0.2, -0.15) is 0 Å². The summed E-state index contributed by atoms with van der Waals surface area (Å²) >= 11 is 1.32. The molecule has 0 saturated heterocycles. The van der Waals surface area contributed by atoms with E-state index in [0.29, 0.717) is 47.1 Å². The Balaban J connectivity index is 1.73. The van der Waals surface area contributed by atoms with Crippen LogP contribution in [0.25, 0.3) is 5.65 Å². The number of carbonyl (C=O) groups excluding carboxylic acids is 3. The molecule has 0 fully saturated rings. The summed E-state index contributed by atoms with van der Waals surface area (Å²) in [5.41, 5.74) is 2.92. The Hall–Kier alpha value is -3.20. The molecule has 0 aliphatic carbocycles. The lowest BCUT2D eigenvalue weighted by Crippen LogP contribution is -2.34. The summed E-state index contributed by atoms with van der Waals surface area (Å²) in [4.78, 5) is 44.7. The van der Waals surface area contributed by atoms with Gasteiger partial charge in [-0.05, 0) is 38.0 Å². The normalized spacial score (nSPS) is 13.2. The highest BCUT2D eigenvalue weighted by atomic mass is 32.1. The predicted molar refractivity (Wildman–Crippen MR) is 113 cm³/mol. The van der Waals surface area contributed by atoms with Crippen LogP contribution in [0.15, 0.2) is 24.4 Å². The number of ether oxygens (including phenoxy) is 1. The highest BCUT2D eigenvalue weighted by Crippen LogP contribution is 2.38. The molecular formula is C21H22N4O4S. The first-order valence-electron chi connectivity index (χ1n) is 9.72. The number of nitrogens with zero attached hydrogens (tertiary/aromatic N) is 3. The number of pyridine rings is 1. The van der Waals surface area contributed by atoms with Crippen molar-refractivity contribution in [2.45, 2.75) is 33.7 Å². The van der Waals surface area contributed by atoms with Crippen LogP contribution in [0.3, 0.4) is 0 Å². The first-order chi connectivity index (χ1) is 14.4. The molecule has 0 atom stereocenters. The Morgan fingerprint density at radius 1 is 1.30 bits per heavy atom. The fraction of sp³-hybridized carbons (Fsp3) is 0.333. The van der Waals surface area contributed by atoms with Crippen molar-refractivity contribution < 1.29 is 19.1 Å². The Morgan fingerprint density at radius 3 is 2.83 bits per heavy atom. The van der Waals surface area contributed by atoms with Gasteiger partial charge < -0.3 is 15.0 Å². The zero-order chi connectivity index (χ0) is 21.4. The van der Waals surface area contributed by atoms with Crippen LogP contribution in [-0.2, 0) is 22.5 Å². The van der Waals surface area contributed by atoms with Crippen molar-refractivity contribution in [3.63, 3.8) is 0 Å². The van der Waals surface area contributed by atoms with E-state index in [9.17, 15) is 14.4 Å². The van der Waals surface area contributed by atoms with Gasteiger partial charge in [0.1, 0.15) is 16.3 Å². The van der Waals surface area contributed by atoms with Gasteiger partial charge in [0, 0.05) is 24.5 Å². The van der Waals surface area contributed by atoms with Crippen molar-refractivity contribution in [2.24, 2.45) is 0 Å². The van der Waals surface area contributed by atoms with Crippen molar-refractivity contribution in [3.05, 3.63) is 51.8 Å². The Kier molecular flexibility index (Phi) is 5.29.